The first kappa shape index (κ1) is 18.1. The normalized spacial score (nSPS) is 20.2. The summed E-state index contributed by atoms with van der Waals surface area (Å²) in [7, 11) is 0. The molecule has 2 heterocycles. The van der Waals surface area contributed by atoms with Crippen molar-refractivity contribution in [1.82, 2.24) is 4.90 Å². The fraction of sp³-hybridized carbons (Fsp3) is 0.409. The van der Waals surface area contributed by atoms with Gasteiger partial charge in [0.2, 0.25) is 0 Å². The van der Waals surface area contributed by atoms with E-state index in [1.807, 2.05) is 0 Å². The van der Waals surface area contributed by atoms with Crippen molar-refractivity contribution < 1.29 is 13.9 Å². The topological polar surface area (TPSA) is 32.8 Å². The SMILES string of the molecule is Cc1ccccc1CN1CCC2(CC1)CN(c1ccc(F)cc1)C(=O)CO2. The number of nitrogens with zero attached hydrogens (tertiary/aromatic N) is 2. The van der Waals surface area contributed by atoms with Crippen LogP contribution in [0, 0.1) is 12.7 Å². The zero-order chi connectivity index (χ0) is 18.9. The van der Waals surface area contributed by atoms with E-state index >= 15 is 0 Å². The fourth-order valence-corrected chi connectivity index (χ4v) is 4.02. The highest BCUT2D eigenvalue weighted by Gasteiger charge is 2.42. The third-order valence-electron chi connectivity index (χ3n) is 5.81. The number of aryl methyl sites for hydroxylation is 1. The number of amides is 1. The summed E-state index contributed by atoms with van der Waals surface area (Å²) in [5.74, 6) is -0.353. The van der Waals surface area contributed by atoms with Gasteiger partial charge in [0.05, 0.1) is 12.1 Å². The van der Waals surface area contributed by atoms with Crippen molar-refractivity contribution in [2.24, 2.45) is 0 Å². The Morgan fingerprint density at radius 3 is 2.48 bits per heavy atom. The highest BCUT2D eigenvalue weighted by Crippen LogP contribution is 2.33. The molecule has 1 amide bonds. The van der Waals surface area contributed by atoms with E-state index in [1.54, 1.807) is 17.0 Å². The first-order chi connectivity index (χ1) is 13.0. The van der Waals surface area contributed by atoms with E-state index in [9.17, 15) is 9.18 Å². The molecule has 2 aromatic rings. The molecule has 1 spiro atoms. The molecule has 0 aromatic heterocycles. The van der Waals surface area contributed by atoms with Crippen LogP contribution in [0.1, 0.15) is 24.0 Å². The predicted molar refractivity (Wildman–Crippen MR) is 103 cm³/mol. The molecule has 0 N–H and O–H groups in total. The van der Waals surface area contributed by atoms with Gasteiger partial charge in [-0.2, -0.15) is 0 Å². The number of rotatable bonds is 3. The molecule has 2 fully saturated rings. The van der Waals surface area contributed by atoms with Crippen LogP contribution in [-0.4, -0.2) is 42.6 Å². The first-order valence-electron chi connectivity index (χ1n) is 9.51. The summed E-state index contributed by atoms with van der Waals surface area (Å²) in [5, 5.41) is 0. The molecule has 2 saturated heterocycles. The molecule has 27 heavy (non-hydrogen) atoms. The predicted octanol–water partition coefficient (Wildman–Crippen LogP) is 3.53. The minimum absolute atomic E-state index is 0.0606. The highest BCUT2D eigenvalue weighted by molar-refractivity contribution is 5.95. The lowest BCUT2D eigenvalue weighted by Gasteiger charge is -2.47. The summed E-state index contributed by atoms with van der Waals surface area (Å²) in [6.07, 6.45) is 1.79. The number of carbonyl (C=O) groups excluding carboxylic acids is 1. The van der Waals surface area contributed by atoms with Gasteiger partial charge in [-0.15, -0.1) is 0 Å². The molecule has 142 valence electrons. The zero-order valence-electron chi connectivity index (χ0n) is 15.7. The molecule has 5 heteroatoms. The number of hydrogen-bond donors (Lipinski definition) is 0. The number of ether oxygens (including phenoxy) is 1. The first-order valence-corrected chi connectivity index (χ1v) is 9.51. The Hall–Kier alpha value is -2.24. The quantitative estimate of drug-likeness (QED) is 0.831. The summed E-state index contributed by atoms with van der Waals surface area (Å²) < 4.78 is 19.2. The van der Waals surface area contributed by atoms with Crippen molar-refractivity contribution in [3.05, 3.63) is 65.5 Å². The number of hydrogen-bond acceptors (Lipinski definition) is 3. The van der Waals surface area contributed by atoms with Crippen LogP contribution in [0.2, 0.25) is 0 Å². The second kappa shape index (κ2) is 7.41. The molecule has 0 unspecified atom stereocenters. The number of likely N-dealkylation sites (tertiary alicyclic amines) is 1. The van der Waals surface area contributed by atoms with E-state index in [0.717, 1.165) is 38.2 Å². The molecule has 0 aliphatic carbocycles. The molecule has 0 atom stereocenters. The molecular formula is C22H25FN2O2. The van der Waals surface area contributed by atoms with E-state index < -0.39 is 0 Å². The summed E-state index contributed by atoms with van der Waals surface area (Å²) in [6, 6.07) is 14.6. The van der Waals surface area contributed by atoms with E-state index in [0.29, 0.717) is 6.54 Å². The van der Waals surface area contributed by atoms with Gasteiger partial charge in [-0.25, -0.2) is 4.39 Å². The zero-order valence-corrected chi connectivity index (χ0v) is 15.7. The van der Waals surface area contributed by atoms with Crippen LogP contribution in [0.25, 0.3) is 0 Å². The van der Waals surface area contributed by atoms with Gasteiger partial charge >= 0.3 is 0 Å². The Kier molecular flexibility index (Phi) is 4.98. The van der Waals surface area contributed by atoms with Crippen molar-refractivity contribution in [3.63, 3.8) is 0 Å². The van der Waals surface area contributed by atoms with Gasteiger partial charge in [-0.1, -0.05) is 24.3 Å². The average Bonchev–Trinajstić information content (AvgIpc) is 2.68. The van der Waals surface area contributed by atoms with Crippen LogP contribution in [0.4, 0.5) is 10.1 Å². The third-order valence-corrected chi connectivity index (χ3v) is 5.81. The Bertz CT molecular complexity index is 813. The minimum Gasteiger partial charge on any atom is -0.363 e. The highest BCUT2D eigenvalue weighted by atomic mass is 19.1. The maximum absolute atomic E-state index is 13.2. The average molecular weight is 368 g/mol. The van der Waals surface area contributed by atoms with Crippen molar-refractivity contribution in [2.45, 2.75) is 31.9 Å². The van der Waals surface area contributed by atoms with Crippen LogP contribution in [0.15, 0.2) is 48.5 Å². The minimum atomic E-state index is -0.301. The molecule has 2 aliphatic heterocycles. The van der Waals surface area contributed by atoms with E-state index in [4.69, 9.17) is 4.74 Å². The Balaban J connectivity index is 1.42. The summed E-state index contributed by atoms with van der Waals surface area (Å²) in [6.45, 7) is 5.62. The van der Waals surface area contributed by atoms with E-state index in [2.05, 4.69) is 36.1 Å². The maximum atomic E-state index is 13.2. The number of benzene rings is 2. The van der Waals surface area contributed by atoms with Crippen molar-refractivity contribution >= 4 is 11.6 Å². The lowest BCUT2D eigenvalue weighted by molar-refractivity contribution is -0.144. The van der Waals surface area contributed by atoms with Crippen molar-refractivity contribution in [2.75, 3.05) is 31.1 Å². The number of halogens is 1. The second-order valence-electron chi connectivity index (χ2n) is 7.63. The Morgan fingerprint density at radius 2 is 1.78 bits per heavy atom. The van der Waals surface area contributed by atoms with E-state index in [1.165, 1.54) is 23.3 Å². The number of anilines is 1. The van der Waals surface area contributed by atoms with Gasteiger partial charge < -0.3 is 9.64 Å². The smallest absolute Gasteiger partial charge is 0.253 e. The lowest BCUT2D eigenvalue weighted by atomic mass is 9.88. The van der Waals surface area contributed by atoms with Crippen LogP contribution in [-0.2, 0) is 16.1 Å². The van der Waals surface area contributed by atoms with Gasteiger partial charge in [0.1, 0.15) is 12.4 Å². The Labute approximate surface area is 159 Å². The van der Waals surface area contributed by atoms with Crippen LogP contribution in [0.3, 0.4) is 0 Å². The monoisotopic (exact) mass is 368 g/mol. The molecule has 0 radical (unpaired) electrons. The molecule has 0 saturated carbocycles. The molecular weight excluding hydrogens is 343 g/mol. The molecule has 0 bridgehead atoms. The van der Waals surface area contributed by atoms with E-state index in [-0.39, 0.29) is 23.9 Å². The summed E-state index contributed by atoms with van der Waals surface area (Å²) >= 11 is 0. The van der Waals surface area contributed by atoms with Crippen LogP contribution < -0.4 is 4.90 Å². The molecule has 2 aromatic carbocycles. The molecule has 4 nitrogen and oxygen atoms in total. The van der Waals surface area contributed by atoms with Gasteiger partial charge in [-0.3, -0.25) is 9.69 Å². The number of carbonyl (C=O) groups is 1. The van der Waals surface area contributed by atoms with Crippen LogP contribution in [0.5, 0.6) is 0 Å². The maximum Gasteiger partial charge on any atom is 0.253 e. The largest absolute Gasteiger partial charge is 0.363 e. The third kappa shape index (κ3) is 3.89. The van der Waals surface area contributed by atoms with Crippen molar-refractivity contribution in [3.8, 4) is 0 Å². The number of piperidine rings is 1. The summed E-state index contributed by atoms with van der Waals surface area (Å²) in [4.78, 5) is 16.5. The van der Waals surface area contributed by atoms with Gasteiger partial charge in [0, 0.05) is 25.3 Å². The summed E-state index contributed by atoms with van der Waals surface area (Å²) in [5.41, 5.74) is 3.12. The second-order valence-corrected chi connectivity index (χ2v) is 7.63. The Morgan fingerprint density at radius 1 is 1.07 bits per heavy atom. The van der Waals surface area contributed by atoms with Crippen LogP contribution >= 0.6 is 0 Å². The van der Waals surface area contributed by atoms with Gasteiger partial charge in [0.25, 0.3) is 5.91 Å². The standard InChI is InChI=1S/C22H25FN2O2/c1-17-4-2-3-5-18(17)14-24-12-10-22(11-13-24)16-25(21(26)15-27-22)20-8-6-19(23)7-9-20/h2-9H,10-16H2,1H3. The van der Waals surface area contributed by atoms with Gasteiger partial charge in [0.15, 0.2) is 0 Å². The number of morpholine rings is 1. The molecule has 4 rings (SSSR count). The molecule has 2 aliphatic rings. The van der Waals surface area contributed by atoms with Gasteiger partial charge in [-0.05, 0) is 55.2 Å². The van der Waals surface area contributed by atoms with Crippen molar-refractivity contribution in [1.29, 1.82) is 0 Å². The lowest BCUT2D eigenvalue weighted by Crippen LogP contribution is -2.58. The fourth-order valence-electron chi connectivity index (χ4n) is 4.02.